The Morgan fingerprint density at radius 1 is 0.384 bits per heavy atom. The molecule has 0 saturated carbocycles. The number of rotatable bonds is 2. The molecule has 4 nitrogen and oxygen atoms in total. The molecule has 0 N–H and O–H groups in total. The normalized spacial score (nSPS) is 14.1. The van der Waals surface area contributed by atoms with E-state index >= 15 is 0 Å². The molecule has 0 spiro atoms. The number of para-hydroxylation sites is 1. The van der Waals surface area contributed by atoms with E-state index in [1.165, 1.54) is 105 Å². The van der Waals surface area contributed by atoms with Crippen LogP contribution < -0.4 is 16.4 Å². The summed E-state index contributed by atoms with van der Waals surface area (Å²) in [5.74, 6) is 0.732. The van der Waals surface area contributed by atoms with Crippen molar-refractivity contribution in [1.29, 1.82) is 0 Å². The van der Waals surface area contributed by atoms with E-state index in [1.54, 1.807) is 0 Å². The molecule has 0 saturated heterocycles. The molecule has 0 radical (unpaired) electrons. The second-order valence-electron chi connectivity index (χ2n) is 28.1. The van der Waals surface area contributed by atoms with Gasteiger partial charge in [0, 0.05) is 60.5 Å². The zero-order chi connectivity index (χ0) is 52.0. The predicted molar refractivity (Wildman–Crippen MR) is 316 cm³/mol. The fourth-order valence-corrected chi connectivity index (χ4v) is 12.4. The summed E-state index contributed by atoms with van der Waals surface area (Å²) in [6.07, 6.45) is 0. The third-order valence-electron chi connectivity index (χ3n) is 16.5. The van der Waals surface area contributed by atoms with Gasteiger partial charge in [0.25, 0.3) is 6.71 Å². The maximum Gasteiger partial charge on any atom is 0.252 e. The van der Waals surface area contributed by atoms with Gasteiger partial charge >= 0.3 is 0 Å². The average molecular weight is 957 g/mol. The zero-order valence-corrected chi connectivity index (χ0v) is 46.8. The molecular formula is C68H73BN4. The smallest absolute Gasteiger partial charge is 0.252 e. The standard InChI is InChI=1S/C68H73BN4/c1-63(2,3)40-30-45-56-47(67(13,14)15)32-42(65(7,8)9)36-52(56)72-54-28-39(59-44-26-22-23-27-51(44)70-62(71-59)38-24-20-19-21-25-38)29-55-58(54)69(49(34-40)60(45)72)50-35-41(64(4,5)6)31-46-57-48(68(16,17)18)33-43(66(10,11)12)37-53(57)73(55)61(46)50/h19-37H,1-18H3. The van der Waals surface area contributed by atoms with Crippen LogP contribution in [0.3, 0.4) is 0 Å². The number of hydrogen-bond acceptors (Lipinski definition) is 2. The lowest BCUT2D eigenvalue weighted by Gasteiger charge is -2.36. The van der Waals surface area contributed by atoms with Crippen molar-refractivity contribution in [3.05, 3.63) is 149 Å². The van der Waals surface area contributed by atoms with Gasteiger partial charge in [0.15, 0.2) is 5.82 Å². The average Bonchev–Trinajstić information content (AvgIpc) is 3.82. The first kappa shape index (κ1) is 47.5. The highest BCUT2D eigenvalue weighted by atomic mass is 15.0. The van der Waals surface area contributed by atoms with Crippen molar-refractivity contribution in [2.45, 2.75) is 157 Å². The molecule has 73 heavy (non-hydrogen) atoms. The lowest BCUT2D eigenvalue weighted by molar-refractivity contribution is 0.572. The molecule has 0 aliphatic carbocycles. The second kappa shape index (κ2) is 15.1. The zero-order valence-electron chi connectivity index (χ0n) is 46.8. The summed E-state index contributed by atoms with van der Waals surface area (Å²) in [5.41, 5.74) is 23.4. The molecule has 0 atom stereocenters. The van der Waals surface area contributed by atoms with Gasteiger partial charge in [0.1, 0.15) is 0 Å². The Morgan fingerprint density at radius 2 is 0.808 bits per heavy atom. The molecule has 368 valence electrons. The van der Waals surface area contributed by atoms with Crippen LogP contribution in [-0.2, 0) is 32.5 Å². The van der Waals surface area contributed by atoms with E-state index in [2.05, 4.69) is 249 Å². The van der Waals surface area contributed by atoms with Gasteiger partial charge in [-0.15, -0.1) is 0 Å². The van der Waals surface area contributed by atoms with Crippen LogP contribution in [-0.4, -0.2) is 25.8 Å². The predicted octanol–water partition coefficient (Wildman–Crippen LogP) is 16.1. The quantitative estimate of drug-likeness (QED) is 0.162. The molecule has 5 heterocycles. The van der Waals surface area contributed by atoms with Crippen molar-refractivity contribution in [3.8, 4) is 34.0 Å². The van der Waals surface area contributed by atoms with Gasteiger partial charge in [0.2, 0.25) is 0 Å². The van der Waals surface area contributed by atoms with Gasteiger partial charge in [-0.05, 0) is 125 Å². The maximum absolute atomic E-state index is 5.62. The topological polar surface area (TPSA) is 35.6 Å². The molecule has 2 aliphatic rings. The van der Waals surface area contributed by atoms with E-state index in [9.17, 15) is 0 Å². The van der Waals surface area contributed by atoms with E-state index < -0.39 is 0 Å². The van der Waals surface area contributed by atoms with Gasteiger partial charge in [-0.25, -0.2) is 9.97 Å². The highest BCUT2D eigenvalue weighted by Gasteiger charge is 2.44. The highest BCUT2D eigenvalue weighted by Crippen LogP contribution is 2.48. The van der Waals surface area contributed by atoms with Crippen LogP contribution in [0.5, 0.6) is 0 Å². The summed E-state index contributed by atoms with van der Waals surface area (Å²) in [7, 11) is 0. The first-order chi connectivity index (χ1) is 34.0. The number of nitrogens with zero attached hydrogens (tertiary/aromatic N) is 4. The Bertz CT molecular complexity index is 3810. The van der Waals surface area contributed by atoms with Gasteiger partial charge in [0.05, 0.1) is 22.2 Å². The van der Waals surface area contributed by atoms with Crippen molar-refractivity contribution in [1.82, 2.24) is 19.1 Å². The third-order valence-corrected chi connectivity index (χ3v) is 16.5. The molecule has 3 aromatic heterocycles. The van der Waals surface area contributed by atoms with E-state index in [1.807, 2.05) is 0 Å². The van der Waals surface area contributed by atoms with Gasteiger partial charge in [-0.1, -0.05) is 197 Å². The number of aromatic nitrogens is 4. The SMILES string of the molecule is CC(C)(C)c1cc2c3c(c1)c1c(C(C)(C)C)cc(C(C)(C)C)cc1n3-c1cc(-c3nc(-c4ccccc4)nc4ccccc34)cc3c1B2c1cc(C(C)(C)C)cc2c4c(C(C)(C)C)cc(C(C)(C)C)cc4n-3c12. The van der Waals surface area contributed by atoms with Crippen LogP contribution in [0, 0.1) is 0 Å². The van der Waals surface area contributed by atoms with Crippen LogP contribution in [0.25, 0.3) is 88.5 Å². The minimum atomic E-state index is -0.124. The van der Waals surface area contributed by atoms with Crippen LogP contribution in [0.4, 0.5) is 0 Å². The van der Waals surface area contributed by atoms with E-state index in [-0.39, 0.29) is 39.2 Å². The largest absolute Gasteiger partial charge is 0.310 e. The molecular weight excluding hydrogens is 884 g/mol. The molecule has 0 bridgehead atoms. The number of benzene rings is 7. The fourth-order valence-electron chi connectivity index (χ4n) is 12.4. The summed E-state index contributed by atoms with van der Waals surface area (Å²) < 4.78 is 5.42. The molecule has 7 aromatic carbocycles. The van der Waals surface area contributed by atoms with Crippen LogP contribution >= 0.6 is 0 Å². The lowest BCUT2D eigenvalue weighted by atomic mass is 9.34. The highest BCUT2D eigenvalue weighted by molar-refractivity contribution is 7.00. The molecule has 12 rings (SSSR count). The van der Waals surface area contributed by atoms with E-state index in [0.29, 0.717) is 0 Å². The lowest BCUT2D eigenvalue weighted by Crippen LogP contribution is -2.59. The molecule has 5 heteroatoms. The van der Waals surface area contributed by atoms with Crippen molar-refractivity contribution >= 4 is 77.6 Å². The fraction of sp³-hybridized carbons (Fsp3) is 0.353. The Morgan fingerprint density at radius 3 is 1.25 bits per heavy atom. The summed E-state index contributed by atoms with van der Waals surface area (Å²) >= 11 is 0. The summed E-state index contributed by atoms with van der Waals surface area (Å²) in [5, 5.41) is 6.46. The van der Waals surface area contributed by atoms with Crippen LogP contribution in [0.2, 0.25) is 0 Å². The molecule has 0 amide bonds. The maximum atomic E-state index is 5.62. The van der Waals surface area contributed by atoms with E-state index in [4.69, 9.17) is 9.97 Å². The third kappa shape index (κ3) is 7.14. The van der Waals surface area contributed by atoms with Crippen molar-refractivity contribution in [2.75, 3.05) is 0 Å². The first-order valence-electron chi connectivity index (χ1n) is 26.9. The van der Waals surface area contributed by atoms with Gasteiger partial charge in [-0.3, -0.25) is 0 Å². The van der Waals surface area contributed by atoms with Gasteiger partial charge in [-0.2, -0.15) is 0 Å². The van der Waals surface area contributed by atoms with Crippen molar-refractivity contribution in [2.24, 2.45) is 0 Å². The Balaban J connectivity index is 1.37. The summed E-state index contributed by atoms with van der Waals surface area (Å²) in [4.78, 5) is 10.9. The van der Waals surface area contributed by atoms with E-state index in [0.717, 1.165) is 33.5 Å². The first-order valence-corrected chi connectivity index (χ1v) is 26.9. The van der Waals surface area contributed by atoms with Gasteiger partial charge < -0.3 is 9.13 Å². The molecule has 10 aromatic rings. The minimum absolute atomic E-state index is 0.0374. The number of fused-ring (bicyclic) bond motifs is 11. The molecule has 0 unspecified atom stereocenters. The van der Waals surface area contributed by atoms with Crippen LogP contribution in [0.15, 0.2) is 115 Å². The molecule has 2 aliphatic heterocycles. The Hall–Kier alpha value is -6.46. The Kier molecular flexibility index (Phi) is 9.82. The van der Waals surface area contributed by atoms with Crippen molar-refractivity contribution in [3.63, 3.8) is 0 Å². The molecule has 0 fully saturated rings. The van der Waals surface area contributed by atoms with Crippen molar-refractivity contribution < 1.29 is 0 Å². The second-order valence-corrected chi connectivity index (χ2v) is 28.1. The Labute approximate surface area is 434 Å². The monoisotopic (exact) mass is 957 g/mol. The summed E-state index contributed by atoms with van der Waals surface area (Å²) in [6, 6.07) is 44.6. The minimum Gasteiger partial charge on any atom is -0.310 e. The number of hydrogen-bond donors (Lipinski definition) is 0. The van der Waals surface area contributed by atoms with Crippen LogP contribution in [0.1, 0.15) is 158 Å². The summed E-state index contributed by atoms with van der Waals surface area (Å²) in [6.45, 7) is 43.0.